The fraction of sp³-hybridized carbons (Fsp3) is 0.375. The smallest absolute Gasteiger partial charge is 0.235 e. The van der Waals surface area contributed by atoms with E-state index >= 15 is 0 Å². The van der Waals surface area contributed by atoms with E-state index in [-0.39, 0.29) is 35.7 Å². The lowest BCUT2D eigenvalue weighted by atomic mass is 9.85. The highest BCUT2D eigenvalue weighted by atomic mass is 16.5. The van der Waals surface area contributed by atoms with E-state index in [4.69, 9.17) is 10.00 Å². The highest BCUT2D eigenvalue weighted by molar-refractivity contribution is 6.06. The molecular formula is C24H23N3O3. The Kier molecular flexibility index (Phi) is 4.56. The molecule has 0 aliphatic carbocycles. The maximum Gasteiger partial charge on any atom is 0.235 e. The first-order valence-corrected chi connectivity index (χ1v) is 10.4. The van der Waals surface area contributed by atoms with Crippen molar-refractivity contribution in [1.29, 1.82) is 5.26 Å². The molecule has 3 fully saturated rings. The standard InChI is InChI=1S/C24H23N3O3/c1-30-18-10-6-16(7-11-18)14-27-23(28)20-19-3-2-12-26(19)22(21(20)24(27)29)17-8-4-15(13-25)5-9-17/h4-11,19-22H,2-3,12,14H2,1H3/t19-,20-,21-,22-/m0/s1. The molecule has 3 aliphatic rings. The van der Waals surface area contributed by atoms with Gasteiger partial charge in [-0.15, -0.1) is 0 Å². The summed E-state index contributed by atoms with van der Waals surface area (Å²) < 4.78 is 5.20. The second-order valence-corrected chi connectivity index (χ2v) is 8.29. The maximum absolute atomic E-state index is 13.5. The number of fused-ring (bicyclic) bond motifs is 3. The van der Waals surface area contributed by atoms with Crippen molar-refractivity contribution in [1.82, 2.24) is 9.80 Å². The SMILES string of the molecule is COc1ccc(CN2C(=O)[C@@H]3[C@H](C2=O)[C@H](c2ccc(C#N)cc2)N2CCC[C@@H]32)cc1. The molecule has 0 spiro atoms. The molecule has 3 aliphatic heterocycles. The van der Waals surface area contributed by atoms with E-state index in [1.165, 1.54) is 4.90 Å². The number of rotatable bonds is 4. The number of nitrogens with zero attached hydrogens (tertiary/aromatic N) is 3. The Balaban J connectivity index is 1.46. The Morgan fingerprint density at radius 1 is 1.03 bits per heavy atom. The lowest BCUT2D eigenvalue weighted by molar-refractivity contribution is -0.142. The summed E-state index contributed by atoms with van der Waals surface area (Å²) in [6.45, 7) is 1.20. The number of benzene rings is 2. The van der Waals surface area contributed by atoms with Gasteiger partial charge in [0.15, 0.2) is 0 Å². The van der Waals surface area contributed by atoms with Gasteiger partial charge in [0.1, 0.15) is 5.75 Å². The molecule has 0 N–H and O–H groups in total. The summed E-state index contributed by atoms with van der Waals surface area (Å²) in [5, 5.41) is 9.11. The number of carbonyl (C=O) groups is 2. The van der Waals surface area contributed by atoms with Gasteiger partial charge in [0.05, 0.1) is 37.1 Å². The van der Waals surface area contributed by atoms with Gasteiger partial charge in [0.2, 0.25) is 11.8 Å². The molecule has 6 heteroatoms. The Labute approximate surface area is 175 Å². The van der Waals surface area contributed by atoms with Gasteiger partial charge >= 0.3 is 0 Å². The molecule has 2 aromatic rings. The van der Waals surface area contributed by atoms with Crippen molar-refractivity contribution in [3.63, 3.8) is 0 Å². The Morgan fingerprint density at radius 3 is 2.40 bits per heavy atom. The van der Waals surface area contributed by atoms with E-state index < -0.39 is 0 Å². The number of amides is 2. The number of ether oxygens (including phenoxy) is 1. The summed E-state index contributed by atoms with van der Waals surface area (Å²) in [6.07, 6.45) is 1.99. The lowest BCUT2D eigenvalue weighted by Crippen LogP contribution is -2.38. The third kappa shape index (κ3) is 2.81. The molecule has 5 rings (SSSR count). The lowest BCUT2D eigenvalue weighted by Gasteiger charge is -2.29. The van der Waals surface area contributed by atoms with Crippen molar-refractivity contribution >= 4 is 11.8 Å². The molecule has 3 saturated heterocycles. The van der Waals surface area contributed by atoms with Crippen molar-refractivity contribution in [2.75, 3.05) is 13.7 Å². The van der Waals surface area contributed by atoms with Crippen LogP contribution in [0.4, 0.5) is 0 Å². The first kappa shape index (κ1) is 18.8. The normalized spacial score (nSPS) is 27.8. The van der Waals surface area contributed by atoms with Crippen LogP contribution in [-0.4, -0.2) is 41.3 Å². The number of imide groups is 1. The number of carbonyl (C=O) groups excluding carboxylic acids is 2. The van der Waals surface area contributed by atoms with E-state index in [0.29, 0.717) is 12.1 Å². The van der Waals surface area contributed by atoms with Gasteiger partial charge in [0, 0.05) is 12.1 Å². The minimum Gasteiger partial charge on any atom is -0.497 e. The Morgan fingerprint density at radius 2 is 1.73 bits per heavy atom. The summed E-state index contributed by atoms with van der Waals surface area (Å²) in [5.74, 6) is -0.0107. The van der Waals surface area contributed by atoms with Crippen LogP contribution >= 0.6 is 0 Å². The average molecular weight is 401 g/mol. The van der Waals surface area contributed by atoms with Crippen molar-refractivity contribution in [3.8, 4) is 11.8 Å². The molecule has 4 atom stereocenters. The molecule has 0 saturated carbocycles. The highest BCUT2D eigenvalue weighted by Crippen LogP contribution is 2.53. The third-order valence-corrected chi connectivity index (χ3v) is 6.82. The molecule has 0 bridgehead atoms. The van der Waals surface area contributed by atoms with Gasteiger partial charge in [-0.05, 0) is 54.8 Å². The van der Waals surface area contributed by atoms with Crippen molar-refractivity contribution in [2.24, 2.45) is 11.8 Å². The van der Waals surface area contributed by atoms with Crippen molar-refractivity contribution in [3.05, 3.63) is 65.2 Å². The van der Waals surface area contributed by atoms with Crippen molar-refractivity contribution in [2.45, 2.75) is 31.5 Å². The van der Waals surface area contributed by atoms with Crippen LogP contribution in [0.15, 0.2) is 48.5 Å². The number of hydrogen-bond donors (Lipinski definition) is 0. The predicted molar refractivity (Wildman–Crippen MR) is 109 cm³/mol. The number of nitriles is 1. The molecule has 152 valence electrons. The van der Waals surface area contributed by atoms with Crippen LogP contribution in [0.25, 0.3) is 0 Å². The van der Waals surface area contributed by atoms with E-state index in [0.717, 1.165) is 36.3 Å². The molecule has 0 radical (unpaired) electrons. The van der Waals surface area contributed by atoms with Gasteiger partial charge in [-0.2, -0.15) is 5.26 Å². The zero-order valence-corrected chi connectivity index (χ0v) is 16.8. The molecular weight excluding hydrogens is 378 g/mol. The monoisotopic (exact) mass is 401 g/mol. The minimum atomic E-state index is -0.353. The topological polar surface area (TPSA) is 73.6 Å². The fourth-order valence-corrected chi connectivity index (χ4v) is 5.49. The largest absolute Gasteiger partial charge is 0.497 e. The number of hydrogen-bond acceptors (Lipinski definition) is 5. The average Bonchev–Trinajstić information content (AvgIpc) is 3.43. The zero-order valence-electron chi connectivity index (χ0n) is 16.8. The van der Waals surface area contributed by atoms with Crippen LogP contribution in [-0.2, 0) is 16.1 Å². The third-order valence-electron chi connectivity index (χ3n) is 6.82. The Bertz CT molecular complexity index is 1030. The molecule has 0 aromatic heterocycles. The molecule has 2 amide bonds. The van der Waals surface area contributed by atoms with E-state index in [2.05, 4.69) is 11.0 Å². The van der Waals surface area contributed by atoms with Gasteiger partial charge < -0.3 is 4.74 Å². The maximum atomic E-state index is 13.5. The van der Waals surface area contributed by atoms with E-state index in [1.54, 1.807) is 19.2 Å². The van der Waals surface area contributed by atoms with Gasteiger partial charge in [-0.1, -0.05) is 24.3 Å². The summed E-state index contributed by atoms with van der Waals surface area (Å²) in [5.41, 5.74) is 2.53. The summed E-state index contributed by atoms with van der Waals surface area (Å²) in [7, 11) is 1.61. The van der Waals surface area contributed by atoms with Crippen LogP contribution in [0.1, 0.15) is 35.6 Å². The molecule has 2 aromatic carbocycles. The molecule has 6 nitrogen and oxygen atoms in total. The summed E-state index contributed by atoms with van der Waals surface area (Å²) in [4.78, 5) is 30.6. The van der Waals surface area contributed by atoms with E-state index in [9.17, 15) is 9.59 Å². The second-order valence-electron chi connectivity index (χ2n) is 8.29. The predicted octanol–water partition coefficient (Wildman–Crippen LogP) is 2.89. The number of methoxy groups -OCH3 is 1. The van der Waals surface area contributed by atoms with Crippen LogP contribution in [0.3, 0.4) is 0 Å². The Hall–Kier alpha value is -3.17. The zero-order chi connectivity index (χ0) is 20.8. The van der Waals surface area contributed by atoms with Crippen LogP contribution < -0.4 is 4.74 Å². The highest BCUT2D eigenvalue weighted by Gasteiger charge is 2.62. The van der Waals surface area contributed by atoms with Gasteiger partial charge in [0.25, 0.3) is 0 Å². The van der Waals surface area contributed by atoms with Gasteiger partial charge in [-0.3, -0.25) is 19.4 Å². The van der Waals surface area contributed by atoms with Crippen molar-refractivity contribution < 1.29 is 14.3 Å². The van der Waals surface area contributed by atoms with Crippen LogP contribution in [0.5, 0.6) is 5.75 Å². The molecule has 0 unspecified atom stereocenters. The van der Waals surface area contributed by atoms with E-state index in [1.807, 2.05) is 36.4 Å². The summed E-state index contributed by atoms with van der Waals surface area (Å²) >= 11 is 0. The number of likely N-dealkylation sites (tertiary alicyclic amines) is 1. The quantitative estimate of drug-likeness (QED) is 0.737. The first-order chi connectivity index (χ1) is 14.6. The van der Waals surface area contributed by atoms with Crippen LogP contribution in [0, 0.1) is 23.2 Å². The summed E-state index contributed by atoms with van der Waals surface area (Å²) in [6, 6.07) is 17.1. The minimum absolute atomic E-state index is 0.0473. The van der Waals surface area contributed by atoms with Gasteiger partial charge in [-0.25, -0.2) is 0 Å². The molecule has 30 heavy (non-hydrogen) atoms. The first-order valence-electron chi connectivity index (χ1n) is 10.4. The fourth-order valence-electron chi connectivity index (χ4n) is 5.49. The second kappa shape index (κ2) is 7.26. The molecule has 3 heterocycles. The van der Waals surface area contributed by atoms with Crippen LogP contribution in [0.2, 0.25) is 0 Å².